The summed E-state index contributed by atoms with van der Waals surface area (Å²) in [4.78, 5) is 11.5. The molecule has 132 valence electrons. The number of ether oxygens (including phenoxy) is 2. The quantitative estimate of drug-likeness (QED) is 0.200. The van der Waals surface area contributed by atoms with Gasteiger partial charge in [-0.25, -0.2) is 0 Å². The monoisotopic (exact) mass is 334 g/mol. The molecule has 0 spiro atoms. The Labute approximate surface area is 142 Å². The van der Waals surface area contributed by atoms with Crippen LogP contribution >= 0.6 is 11.6 Å². The number of rotatable bonds is 17. The Bertz CT molecular complexity index is 234. The summed E-state index contributed by atoms with van der Waals surface area (Å²) < 4.78 is 10.6. The third-order valence-electron chi connectivity index (χ3n) is 3.65. The van der Waals surface area contributed by atoms with Gasteiger partial charge in [0.2, 0.25) is 0 Å². The Hall–Kier alpha value is -0.280. The van der Waals surface area contributed by atoms with Crippen molar-refractivity contribution in [2.45, 2.75) is 84.0 Å². The van der Waals surface area contributed by atoms with Crippen LogP contribution in [0.3, 0.4) is 0 Å². The smallest absolute Gasteiger partial charge is 0.305 e. The topological polar surface area (TPSA) is 35.5 Å². The van der Waals surface area contributed by atoms with E-state index in [2.05, 4.69) is 6.92 Å². The number of hydrogen-bond donors (Lipinski definition) is 0. The van der Waals surface area contributed by atoms with Gasteiger partial charge in [0.15, 0.2) is 0 Å². The van der Waals surface area contributed by atoms with Crippen molar-refractivity contribution >= 4 is 17.6 Å². The Balaban J connectivity index is 3.13. The predicted octanol–water partition coefficient (Wildman–Crippen LogP) is 5.49. The SMILES string of the molecule is CCCCCCCCCC(=O)OCCOCCCCCCCl. The van der Waals surface area contributed by atoms with E-state index in [4.69, 9.17) is 21.1 Å². The van der Waals surface area contributed by atoms with Crippen molar-refractivity contribution < 1.29 is 14.3 Å². The predicted molar refractivity (Wildman–Crippen MR) is 93.6 cm³/mol. The molecule has 0 aromatic rings. The van der Waals surface area contributed by atoms with Crippen LogP contribution in [-0.2, 0) is 14.3 Å². The van der Waals surface area contributed by atoms with E-state index in [0.717, 1.165) is 44.6 Å². The lowest BCUT2D eigenvalue weighted by Crippen LogP contribution is -2.10. The first-order valence-electron chi connectivity index (χ1n) is 9.10. The maximum Gasteiger partial charge on any atom is 0.305 e. The fourth-order valence-electron chi connectivity index (χ4n) is 2.27. The molecule has 0 atom stereocenters. The summed E-state index contributed by atoms with van der Waals surface area (Å²) in [6, 6.07) is 0. The van der Waals surface area contributed by atoms with Crippen molar-refractivity contribution in [3.63, 3.8) is 0 Å². The molecule has 0 amide bonds. The molecule has 3 nitrogen and oxygen atoms in total. The molecule has 0 aliphatic rings. The van der Waals surface area contributed by atoms with Crippen molar-refractivity contribution in [1.82, 2.24) is 0 Å². The van der Waals surface area contributed by atoms with Gasteiger partial charge in [-0.15, -0.1) is 11.6 Å². The molecule has 0 rings (SSSR count). The molecule has 22 heavy (non-hydrogen) atoms. The molecule has 0 radical (unpaired) electrons. The summed E-state index contributed by atoms with van der Waals surface area (Å²) in [6.07, 6.45) is 13.6. The van der Waals surface area contributed by atoms with Crippen LogP contribution in [0.25, 0.3) is 0 Å². The third kappa shape index (κ3) is 17.8. The Morgan fingerprint density at radius 1 is 0.773 bits per heavy atom. The molecule has 0 heterocycles. The molecule has 0 fully saturated rings. The molecular weight excluding hydrogens is 300 g/mol. The summed E-state index contributed by atoms with van der Waals surface area (Å²) in [5.74, 6) is 0.662. The fourth-order valence-corrected chi connectivity index (χ4v) is 2.46. The molecule has 0 aromatic carbocycles. The van der Waals surface area contributed by atoms with E-state index in [1.165, 1.54) is 38.5 Å². The van der Waals surface area contributed by atoms with Crippen LogP contribution in [0.15, 0.2) is 0 Å². The van der Waals surface area contributed by atoms with Crippen molar-refractivity contribution in [3.8, 4) is 0 Å². The lowest BCUT2D eigenvalue weighted by molar-refractivity contribution is -0.145. The fraction of sp³-hybridized carbons (Fsp3) is 0.944. The van der Waals surface area contributed by atoms with Crippen LogP contribution in [0.1, 0.15) is 84.0 Å². The molecule has 0 saturated heterocycles. The minimum absolute atomic E-state index is 0.0840. The van der Waals surface area contributed by atoms with E-state index in [1.54, 1.807) is 0 Å². The van der Waals surface area contributed by atoms with Crippen LogP contribution in [0.4, 0.5) is 0 Å². The number of hydrogen-bond acceptors (Lipinski definition) is 3. The molecule has 0 aliphatic heterocycles. The molecular formula is C18H35ClO3. The Kier molecular flexibility index (Phi) is 18.5. The third-order valence-corrected chi connectivity index (χ3v) is 3.91. The number of carbonyl (C=O) groups excluding carboxylic acids is 1. The molecule has 4 heteroatoms. The molecule has 0 unspecified atom stereocenters. The van der Waals surface area contributed by atoms with Gasteiger partial charge in [0.05, 0.1) is 6.61 Å². The van der Waals surface area contributed by atoms with Crippen molar-refractivity contribution in [2.75, 3.05) is 25.7 Å². The zero-order valence-corrected chi connectivity index (χ0v) is 15.2. The van der Waals surface area contributed by atoms with Gasteiger partial charge in [0.1, 0.15) is 6.61 Å². The first-order chi connectivity index (χ1) is 10.8. The zero-order valence-electron chi connectivity index (χ0n) is 14.4. The second kappa shape index (κ2) is 18.8. The van der Waals surface area contributed by atoms with Crippen LogP contribution in [0, 0.1) is 0 Å². The highest BCUT2D eigenvalue weighted by Gasteiger charge is 2.02. The first-order valence-corrected chi connectivity index (χ1v) is 9.64. The van der Waals surface area contributed by atoms with Crippen molar-refractivity contribution in [3.05, 3.63) is 0 Å². The van der Waals surface area contributed by atoms with Crippen LogP contribution in [-0.4, -0.2) is 31.7 Å². The Morgan fingerprint density at radius 3 is 2.14 bits per heavy atom. The molecule has 0 saturated carbocycles. The van der Waals surface area contributed by atoms with Crippen LogP contribution in [0.5, 0.6) is 0 Å². The highest BCUT2D eigenvalue weighted by Crippen LogP contribution is 2.08. The van der Waals surface area contributed by atoms with Gasteiger partial charge in [-0.2, -0.15) is 0 Å². The highest BCUT2D eigenvalue weighted by atomic mass is 35.5. The van der Waals surface area contributed by atoms with E-state index < -0.39 is 0 Å². The van der Waals surface area contributed by atoms with Crippen molar-refractivity contribution in [1.29, 1.82) is 0 Å². The average molecular weight is 335 g/mol. The Morgan fingerprint density at radius 2 is 1.41 bits per heavy atom. The number of carbonyl (C=O) groups is 1. The minimum Gasteiger partial charge on any atom is -0.463 e. The van der Waals surface area contributed by atoms with E-state index in [-0.39, 0.29) is 5.97 Å². The second-order valence-corrected chi connectivity index (χ2v) is 6.19. The van der Waals surface area contributed by atoms with Crippen LogP contribution < -0.4 is 0 Å². The maximum atomic E-state index is 11.5. The van der Waals surface area contributed by atoms with E-state index in [9.17, 15) is 4.79 Å². The van der Waals surface area contributed by atoms with Gasteiger partial charge in [-0.3, -0.25) is 4.79 Å². The van der Waals surface area contributed by atoms with Gasteiger partial charge >= 0.3 is 5.97 Å². The normalized spacial score (nSPS) is 10.8. The van der Waals surface area contributed by atoms with E-state index in [1.807, 2.05) is 0 Å². The largest absolute Gasteiger partial charge is 0.463 e. The number of alkyl halides is 1. The van der Waals surface area contributed by atoms with Crippen molar-refractivity contribution in [2.24, 2.45) is 0 Å². The molecule has 0 aliphatic carbocycles. The molecule has 0 bridgehead atoms. The van der Waals surface area contributed by atoms with Gasteiger partial charge in [0, 0.05) is 18.9 Å². The van der Waals surface area contributed by atoms with Gasteiger partial charge in [-0.1, -0.05) is 58.3 Å². The van der Waals surface area contributed by atoms with Gasteiger partial charge in [-0.05, 0) is 19.3 Å². The summed E-state index contributed by atoms with van der Waals surface area (Å²) in [5, 5.41) is 0. The summed E-state index contributed by atoms with van der Waals surface area (Å²) in [6.45, 7) is 3.87. The lowest BCUT2D eigenvalue weighted by atomic mass is 10.1. The molecule has 0 aromatic heterocycles. The highest BCUT2D eigenvalue weighted by molar-refractivity contribution is 6.17. The summed E-state index contributed by atoms with van der Waals surface area (Å²) in [5.41, 5.74) is 0. The maximum absolute atomic E-state index is 11.5. The standard InChI is InChI=1S/C18H35ClO3/c1-2-3-4-5-6-7-10-13-18(20)22-17-16-21-15-12-9-8-11-14-19/h2-17H2,1H3. The van der Waals surface area contributed by atoms with Gasteiger partial charge in [0.25, 0.3) is 0 Å². The number of halogens is 1. The number of unbranched alkanes of at least 4 members (excludes halogenated alkanes) is 9. The number of esters is 1. The molecule has 0 N–H and O–H groups in total. The summed E-state index contributed by atoms with van der Waals surface area (Å²) >= 11 is 5.61. The van der Waals surface area contributed by atoms with E-state index >= 15 is 0 Å². The second-order valence-electron chi connectivity index (χ2n) is 5.81. The first kappa shape index (κ1) is 21.7. The van der Waals surface area contributed by atoms with Crippen LogP contribution in [0.2, 0.25) is 0 Å². The minimum atomic E-state index is -0.0840. The average Bonchev–Trinajstić information content (AvgIpc) is 2.52. The summed E-state index contributed by atoms with van der Waals surface area (Å²) in [7, 11) is 0. The zero-order chi connectivity index (χ0) is 16.3. The van der Waals surface area contributed by atoms with Gasteiger partial charge < -0.3 is 9.47 Å². The van der Waals surface area contributed by atoms with E-state index in [0.29, 0.717) is 19.6 Å². The lowest BCUT2D eigenvalue weighted by Gasteiger charge is -2.06.